The van der Waals surface area contributed by atoms with E-state index in [0.29, 0.717) is 18.5 Å². The molecule has 0 unspecified atom stereocenters. The molecule has 1 aliphatic heterocycles. The Labute approximate surface area is 232 Å². The van der Waals surface area contributed by atoms with Crippen LogP contribution in [0.2, 0.25) is 0 Å². The van der Waals surface area contributed by atoms with Crippen molar-refractivity contribution >= 4 is 56.9 Å². The fourth-order valence-electron chi connectivity index (χ4n) is 4.78. The highest BCUT2D eigenvalue weighted by Crippen LogP contribution is 2.42. The molecule has 4 rings (SSSR count). The first-order chi connectivity index (χ1) is 18.7. The van der Waals surface area contributed by atoms with Gasteiger partial charge in [0.25, 0.3) is 5.82 Å². The number of aldehydes is 1. The molecule has 2 aromatic carbocycles. The predicted octanol–water partition coefficient (Wildman–Crippen LogP) is 3.59. The number of aromatic nitrogens is 2. The van der Waals surface area contributed by atoms with Crippen LogP contribution in [-0.2, 0) is 27.9 Å². The number of hydrogen-bond donors (Lipinski definition) is 0. The minimum Gasteiger partial charge on any atom is -0.748 e. The third-order valence-electron chi connectivity index (χ3n) is 6.52. The topological polar surface area (TPSA) is 123 Å². The third kappa shape index (κ3) is 6.17. The van der Waals surface area contributed by atoms with Crippen molar-refractivity contribution in [2.75, 3.05) is 36.3 Å². The summed E-state index contributed by atoms with van der Waals surface area (Å²) in [5.74, 6) is 1.19. The Morgan fingerprint density at radius 2 is 1.97 bits per heavy atom. The predicted molar refractivity (Wildman–Crippen MR) is 150 cm³/mol. The van der Waals surface area contributed by atoms with E-state index in [1.165, 1.54) is 12.0 Å². The molecule has 0 bridgehead atoms. The maximum atomic E-state index is 11.4. The quantitative estimate of drug-likeness (QED) is 0.148. The molecule has 0 saturated carbocycles. The van der Waals surface area contributed by atoms with Crippen molar-refractivity contribution in [1.29, 1.82) is 5.26 Å². The van der Waals surface area contributed by atoms with Gasteiger partial charge in [0.2, 0.25) is 0 Å². The van der Waals surface area contributed by atoms with E-state index in [0.717, 1.165) is 45.2 Å². The largest absolute Gasteiger partial charge is 0.748 e. The van der Waals surface area contributed by atoms with E-state index in [1.807, 2.05) is 65.7 Å². The number of carbonyl (C=O) groups excluding carboxylic acids is 1. The van der Waals surface area contributed by atoms with Gasteiger partial charge in [0.15, 0.2) is 11.0 Å². The summed E-state index contributed by atoms with van der Waals surface area (Å²) in [6.45, 7) is 0.803. The van der Waals surface area contributed by atoms with Gasteiger partial charge in [-0.1, -0.05) is 6.08 Å². The van der Waals surface area contributed by atoms with Gasteiger partial charge in [0.05, 0.1) is 54.7 Å². The monoisotopic (exact) mass is 567 g/mol. The van der Waals surface area contributed by atoms with Crippen LogP contribution in [0.5, 0.6) is 0 Å². The van der Waals surface area contributed by atoms with E-state index >= 15 is 0 Å². The van der Waals surface area contributed by atoms with Gasteiger partial charge in [-0.2, -0.15) is 5.26 Å². The van der Waals surface area contributed by atoms with Gasteiger partial charge in [-0.25, -0.2) is 17.6 Å². The first-order valence-corrected chi connectivity index (χ1v) is 14.5. The molecule has 0 amide bonds. The molecule has 10 nitrogen and oxygen atoms in total. The third-order valence-corrected chi connectivity index (χ3v) is 7.92. The van der Waals surface area contributed by atoms with Crippen molar-refractivity contribution in [2.24, 2.45) is 7.05 Å². The molecular weight excluding hydrogens is 538 g/mol. The van der Waals surface area contributed by atoms with E-state index in [1.54, 1.807) is 19.2 Å². The maximum absolute atomic E-state index is 11.4. The summed E-state index contributed by atoms with van der Waals surface area (Å²) in [5.41, 5.74) is 4.12. The van der Waals surface area contributed by atoms with Gasteiger partial charge in [-0.15, -0.1) is 0 Å². The van der Waals surface area contributed by atoms with Crippen LogP contribution in [-0.4, -0.2) is 50.3 Å². The molecule has 0 saturated heterocycles. The van der Waals surface area contributed by atoms with Crippen molar-refractivity contribution in [1.82, 2.24) is 4.57 Å². The smallest absolute Gasteiger partial charge is 0.282 e. The van der Waals surface area contributed by atoms with E-state index in [-0.39, 0.29) is 13.0 Å². The Morgan fingerprint density at radius 3 is 2.67 bits per heavy atom. The Hall–Kier alpha value is -3.63. The van der Waals surface area contributed by atoms with E-state index in [4.69, 9.17) is 4.18 Å². The van der Waals surface area contributed by atoms with Gasteiger partial charge >= 0.3 is 0 Å². The minimum absolute atomic E-state index is 0.144. The summed E-state index contributed by atoms with van der Waals surface area (Å²) in [5, 5.41) is 9.25. The lowest BCUT2D eigenvalue weighted by atomic mass is 10.2. The SMILES string of the molecule is COSc1ccc2c(c1)N(CCC#N)/C(=C/C=C/c1n(CCCS(=O)(=O)[O-])c3cc(C=O)ccc3[n+]1C)N2C. The number of carbonyl (C=O) groups is 1. The highest BCUT2D eigenvalue weighted by molar-refractivity contribution is 7.94. The summed E-state index contributed by atoms with van der Waals surface area (Å²) in [4.78, 5) is 16.5. The lowest BCUT2D eigenvalue weighted by Crippen LogP contribution is -2.31. The van der Waals surface area contributed by atoms with Gasteiger partial charge in [0.1, 0.15) is 12.1 Å². The molecule has 3 aromatic rings. The number of hydrogen-bond acceptors (Lipinski definition) is 9. The highest BCUT2D eigenvalue weighted by Gasteiger charge is 2.29. The van der Waals surface area contributed by atoms with Crippen LogP contribution in [0.15, 0.2) is 59.3 Å². The second-order valence-electron chi connectivity index (χ2n) is 8.95. The average Bonchev–Trinajstić information content (AvgIpc) is 3.32. The number of anilines is 2. The van der Waals surface area contributed by atoms with Crippen molar-refractivity contribution < 1.29 is 26.5 Å². The molecule has 1 aliphatic rings. The van der Waals surface area contributed by atoms with Gasteiger partial charge < -0.3 is 18.5 Å². The van der Waals surface area contributed by atoms with Crippen LogP contribution in [0, 0.1) is 11.3 Å². The zero-order valence-electron chi connectivity index (χ0n) is 21.9. The summed E-state index contributed by atoms with van der Waals surface area (Å²) in [6, 6.07) is 13.6. The lowest BCUT2D eigenvalue weighted by molar-refractivity contribution is -0.647. The van der Waals surface area contributed by atoms with Gasteiger partial charge in [-0.3, -0.25) is 4.79 Å². The summed E-state index contributed by atoms with van der Waals surface area (Å²) in [7, 11) is 1.13. The first kappa shape index (κ1) is 28.4. The summed E-state index contributed by atoms with van der Waals surface area (Å²) >= 11 is 1.27. The fraction of sp³-hybridized carbons (Fsp3) is 0.296. The Kier molecular flexibility index (Phi) is 8.76. The molecule has 0 fully saturated rings. The highest BCUT2D eigenvalue weighted by atomic mass is 32.2. The van der Waals surface area contributed by atoms with Crippen molar-refractivity contribution in [3.8, 4) is 6.07 Å². The zero-order chi connectivity index (χ0) is 28.2. The Morgan fingerprint density at radius 1 is 1.18 bits per heavy atom. The molecule has 0 N–H and O–H groups in total. The molecule has 0 radical (unpaired) electrons. The number of imidazole rings is 1. The van der Waals surface area contributed by atoms with Crippen LogP contribution >= 0.6 is 12.0 Å². The Bertz CT molecular complexity index is 1600. The average molecular weight is 568 g/mol. The molecule has 0 spiro atoms. The van der Waals surface area contributed by atoms with Crippen LogP contribution in [0.3, 0.4) is 0 Å². The van der Waals surface area contributed by atoms with E-state index in [2.05, 4.69) is 15.9 Å². The number of nitriles is 1. The maximum Gasteiger partial charge on any atom is 0.282 e. The first-order valence-electron chi connectivity index (χ1n) is 12.2. The lowest BCUT2D eigenvalue weighted by Gasteiger charge is -2.21. The summed E-state index contributed by atoms with van der Waals surface area (Å²) < 4.78 is 42.7. The molecule has 39 heavy (non-hydrogen) atoms. The van der Waals surface area contributed by atoms with Gasteiger partial charge in [-0.05, 0) is 48.9 Å². The normalized spacial score (nSPS) is 14.5. The van der Waals surface area contributed by atoms with Crippen molar-refractivity contribution in [3.63, 3.8) is 0 Å². The van der Waals surface area contributed by atoms with E-state index in [9.17, 15) is 23.0 Å². The molecular formula is C27H29N5O5S2. The number of aryl methyl sites for hydroxylation is 2. The Balaban J connectivity index is 1.73. The molecule has 204 valence electrons. The van der Waals surface area contributed by atoms with Gasteiger partial charge in [0, 0.05) is 47.9 Å². The zero-order valence-corrected chi connectivity index (χ0v) is 23.5. The number of benzene rings is 2. The van der Waals surface area contributed by atoms with Crippen molar-refractivity contribution in [3.05, 3.63) is 65.8 Å². The van der Waals surface area contributed by atoms with Crippen LogP contribution < -0.4 is 14.4 Å². The van der Waals surface area contributed by atoms with Crippen LogP contribution in [0.25, 0.3) is 17.1 Å². The molecule has 12 heteroatoms. The molecule has 2 heterocycles. The van der Waals surface area contributed by atoms with Crippen molar-refractivity contribution in [2.45, 2.75) is 24.3 Å². The number of allylic oxidation sites excluding steroid dienone is 2. The summed E-state index contributed by atoms with van der Waals surface area (Å²) in [6.07, 6.45) is 7.02. The molecule has 0 atom stereocenters. The number of fused-ring (bicyclic) bond motifs is 2. The second kappa shape index (κ2) is 12.0. The molecule has 0 aliphatic carbocycles. The second-order valence-corrected chi connectivity index (χ2v) is 11.4. The minimum atomic E-state index is -4.34. The number of nitrogens with zero attached hydrogens (tertiary/aromatic N) is 5. The van der Waals surface area contributed by atoms with Crippen LogP contribution in [0.1, 0.15) is 29.0 Å². The molecule has 1 aromatic heterocycles. The fourth-order valence-corrected chi connectivity index (χ4v) is 5.73. The standard InChI is InChI=1S/C27H29N5O5S2/c1-29-22-11-9-20(19-33)17-24(22)32(15-6-16-39(34,35)36)27(29)8-4-7-26-30(2)23-12-10-21(38-37-3)18-25(23)31(26)14-5-13-28/h4,7-12,17-19H,5-6,14-16H2,1-3H3. The van der Waals surface area contributed by atoms with Crippen LogP contribution in [0.4, 0.5) is 11.4 Å². The van der Waals surface area contributed by atoms with E-state index < -0.39 is 15.9 Å². The number of rotatable bonds is 11.